The SMILES string of the molecule is COC(=O)c1cccc(COC2CC3CCC(C2)N3c2cc(=O)c3cccc(Cl)c3o2)c1. The van der Waals surface area contributed by atoms with E-state index in [-0.39, 0.29) is 29.6 Å². The standard InChI is InChI=1S/C25H24ClNO5/c1-30-25(29)16-5-2-4-15(10-16)14-31-19-11-17-8-9-18(12-19)27(17)23-13-22(28)20-6-3-7-21(26)24(20)32-23/h2-7,10,13,17-19H,8-9,11-12,14H2,1H3. The third-order valence-electron chi connectivity index (χ3n) is 6.47. The zero-order valence-corrected chi connectivity index (χ0v) is 18.5. The highest BCUT2D eigenvalue weighted by molar-refractivity contribution is 6.34. The Morgan fingerprint density at radius 2 is 1.88 bits per heavy atom. The normalized spacial score (nSPS) is 22.3. The molecule has 0 aliphatic carbocycles. The van der Waals surface area contributed by atoms with Gasteiger partial charge in [0.15, 0.2) is 11.0 Å². The molecular formula is C25H24ClNO5. The van der Waals surface area contributed by atoms with Crippen molar-refractivity contribution in [3.05, 3.63) is 74.9 Å². The summed E-state index contributed by atoms with van der Waals surface area (Å²) in [5.74, 6) is 0.238. The molecule has 166 valence electrons. The molecule has 2 unspecified atom stereocenters. The van der Waals surface area contributed by atoms with Crippen LogP contribution in [0.3, 0.4) is 0 Å². The van der Waals surface area contributed by atoms with E-state index in [9.17, 15) is 9.59 Å². The van der Waals surface area contributed by atoms with Crippen LogP contribution in [0.5, 0.6) is 0 Å². The van der Waals surface area contributed by atoms with Crippen molar-refractivity contribution in [1.82, 2.24) is 0 Å². The van der Waals surface area contributed by atoms with Crippen molar-refractivity contribution in [3.8, 4) is 0 Å². The lowest BCUT2D eigenvalue weighted by atomic mass is 9.99. The van der Waals surface area contributed by atoms with E-state index in [1.807, 2.05) is 18.2 Å². The molecule has 6 nitrogen and oxygen atoms in total. The van der Waals surface area contributed by atoms with Gasteiger partial charge in [0.1, 0.15) is 0 Å². The van der Waals surface area contributed by atoms with Crippen LogP contribution in [0.2, 0.25) is 5.02 Å². The third kappa shape index (κ3) is 3.89. The Balaban J connectivity index is 1.30. The molecule has 2 bridgehead atoms. The number of methoxy groups -OCH3 is 1. The van der Waals surface area contributed by atoms with Crippen molar-refractivity contribution >= 4 is 34.4 Å². The Kier molecular flexibility index (Phi) is 5.66. The number of fused-ring (bicyclic) bond motifs is 3. The first-order valence-electron chi connectivity index (χ1n) is 10.8. The number of esters is 1. The molecule has 2 aromatic carbocycles. The summed E-state index contributed by atoms with van der Waals surface area (Å²) < 4.78 is 17.1. The predicted octanol–water partition coefficient (Wildman–Crippen LogP) is 4.95. The third-order valence-corrected chi connectivity index (χ3v) is 6.77. The molecule has 2 aliphatic heterocycles. The van der Waals surface area contributed by atoms with Gasteiger partial charge in [-0.05, 0) is 55.5 Å². The second kappa shape index (κ2) is 8.60. The summed E-state index contributed by atoms with van der Waals surface area (Å²) in [6, 6.07) is 14.7. The number of para-hydroxylation sites is 1. The number of piperidine rings is 1. The smallest absolute Gasteiger partial charge is 0.337 e. The van der Waals surface area contributed by atoms with Crippen LogP contribution in [0.1, 0.15) is 41.6 Å². The van der Waals surface area contributed by atoms with Crippen molar-refractivity contribution in [1.29, 1.82) is 0 Å². The highest BCUT2D eigenvalue weighted by atomic mass is 35.5. The van der Waals surface area contributed by atoms with E-state index < -0.39 is 0 Å². The summed E-state index contributed by atoms with van der Waals surface area (Å²) in [6.45, 7) is 0.440. The monoisotopic (exact) mass is 453 g/mol. The first kappa shape index (κ1) is 21.0. The largest absolute Gasteiger partial charge is 0.465 e. The second-order valence-electron chi connectivity index (χ2n) is 8.45. The molecule has 32 heavy (non-hydrogen) atoms. The maximum atomic E-state index is 12.6. The van der Waals surface area contributed by atoms with Gasteiger partial charge < -0.3 is 18.8 Å². The van der Waals surface area contributed by atoms with Gasteiger partial charge in [-0.15, -0.1) is 0 Å². The first-order chi connectivity index (χ1) is 15.5. The van der Waals surface area contributed by atoms with Gasteiger partial charge in [-0.25, -0.2) is 4.79 Å². The van der Waals surface area contributed by atoms with E-state index in [1.54, 1.807) is 30.3 Å². The van der Waals surface area contributed by atoms with E-state index in [1.165, 1.54) is 7.11 Å². The van der Waals surface area contributed by atoms with Gasteiger partial charge in [0.2, 0.25) is 5.88 Å². The number of carbonyl (C=O) groups excluding carboxylic acids is 1. The molecule has 0 saturated carbocycles. The Morgan fingerprint density at radius 1 is 1.12 bits per heavy atom. The average Bonchev–Trinajstić information content (AvgIpc) is 3.07. The van der Waals surface area contributed by atoms with Crippen LogP contribution in [0.4, 0.5) is 5.88 Å². The number of rotatable bonds is 5. The Hall–Kier alpha value is -2.83. The highest BCUT2D eigenvalue weighted by Gasteiger charge is 2.42. The van der Waals surface area contributed by atoms with Gasteiger partial charge in [0.25, 0.3) is 0 Å². The van der Waals surface area contributed by atoms with Crippen LogP contribution < -0.4 is 10.3 Å². The van der Waals surface area contributed by atoms with Gasteiger partial charge >= 0.3 is 5.97 Å². The van der Waals surface area contributed by atoms with E-state index in [0.717, 1.165) is 31.2 Å². The van der Waals surface area contributed by atoms with Crippen molar-refractivity contribution in [2.75, 3.05) is 12.0 Å². The zero-order chi connectivity index (χ0) is 22.2. The Morgan fingerprint density at radius 3 is 2.62 bits per heavy atom. The minimum absolute atomic E-state index is 0.0768. The molecule has 0 N–H and O–H groups in total. The fraction of sp³-hybridized carbons (Fsp3) is 0.360. The fourth-order valence-electron chi connectivity index (χ4n) is 5.00. The van der Waals surface area contributed by atoms with Crippen LogP contribution in [0, 0.1) is 0 Å². The van der Waals surface area contributed by atoms with Gasteiger partial charge in [0, 0.05) is 18.2 Å². The average molecular weight is 454 g/mol. The summed E-state index contributed by atoms with van der Waals surface area (Å²) in [7, 11) is 1.38. The lowest BCUT2D eigenvalue weighted by Gasteiger charge is -2.39. The van der Waals surface area contributed by atoms with Gasteiger partial charge in [-0.3, -0.25) is 4.79 Å². The molecule has 1 aromatic heterocycles. The number of halogens is 1. The van der Waals surface area contributed by atoms with E-state index in [0.29, 0.717) is 34.0 Å². The van der Waals surface area contributed by atoms with Crippen LogP contribution >= 0.6 is 11.6 Å². The number of benzene rings is 2. The number of hydrogen-bond acceptors (Lipinski definition) is 6. The molecule has 2 aliphatic rings. The molecule has 5 rings (SSSR count). The lowest BCUT2D eigenvalue weighted by Crippen LogP contribution is -2.45. The summed E-state index contributed by atoms with van der Waals surface area (Å²) in [5.41, 5.74) is 1.83. The number of ether oxygens (including phenoxy) is 2. The molecule has 2 saturated heterocycles. The van der Waals surface area contributed by atoms with Crippen molar-refractivity contribution in [2.24, 2.45) is 0 Å². The van der Waals surface area contributed by atoms with E-state index >= 15 is 0 Å². The summed E-state index contributed by atoms with van der Waals surface area (Å²) in [6.07, 6.45) is 3.90. The topological polar surface area (TPSA) is 69.0 Å². The number of anilines is 1. The first-order valence-corrected chi connectivity index (χ1v) is 11.2. The minimum atomic E-state index is -0.352. The zero-order valence-electron chi connectivity index (χ0n) is 17.8. The van der Waals surface area contributed by atoms with Crippen LogP contribution in [0.15, 0.2) is 57.7 Å². The summed E-state index contributed by atoms with van der Waals surface area (Å²) >= 11 is 6.29. The fourth-order valence-corrected chi connectivity index (χ4v) is 5.21. The quantitative estimate of drug-likeness (QED) is 0.509. The van der Waals surface area contributed by atoms with Gasteiger partial charge in [0.05, 0.1) is 35.8 Å². The molecule has 3 heterocycles. The molecule has 7 heteroatoms. The van der Waals surface area contributed by atoms with Gasteiger partial charge in [-0.1, -0.05) is 29.8 Å². The van der Waals surface area contributed by atoms with Crippen LogP contribution in [0.25, 0.3) is 11.0 Å². The predicted molar refractivity (Wildman–Crippen MR) is 122 cm³/mol. The summed E-state index contributed by atoms with van der Waals surface area (Å²) in [5, 5.41) is 0.946. The molecular weight excluding hydrogens is 430 g/mol. The molecule has 3 aromatic rings. The van der Waals surface area contributed by atoms with Crippen LogP contribution in [-0.4, -0.2) is 31.3 Å². The van der Waals surface area contributed by atoms with Gasteiger partial charge in [-0.2, -0.15) is 0 Å². The molecule has 2 fully saturated rings. The number of hydrogen-bond donors (Lipinski definition) is 0. The highest BCUT2D eigenvalue weighted by Crippen LogP contribution is 2.41. The Bertz CT molecular complexity index is 1210. The van der Waals surface area contributed by atoms with Crippen LogP contribution in [-0.2, 0) is 16.1 Å². The number of nitrogens with zero attached hydrogens (tertiary/aromatic N) is 1. The maximum absolute atomic E-state index is 12.6. The lowest BCUT2D eigenvalue weighted by molar-refractivity contribution is 0.0145. The Labute approximate surface area is 190 Å². The molecule has 0 radical (unpaired) electrons. The minimum Gasteiger partial charge on any atom is -0.465 e. The number of carbonyl (C=O) groups is 1. The van der Waals surface area contributed by atoms with Crippen molar-refractivity contribution in [2.45, 2.75) is 50.5 Å². The summed E-state index contributed by atoms with van der Waals surface area (Å²) in [4.78, 5) is 26.6. The second-order valence-corrected chi connectivity index (χ2v) is 8.86. The maximum Gasteiger partial charge on any atom is 0.337 e. The van der Waals surface area contributed by atoms with Crippen molar-refractivity contribution < 1.29 is 18.7 Å². The van der Waals surface area contributed by atoms with E-state index in [2.05, 4.69) is 4.90 Å². The molecule has 2 atom stereocenters. The molecule has 0 amide bonds. The van der Waals surface area contributed by atoms with Crippen molar-refractivity contribution in [3.63, 3.8) is 0 Å². The van der Waals surface area contributed by atoms with E-state index in [4.69, 9.17) is 25.5 Å². The molecule has 0 spiro atoms.